The molecule has 0 amide bonds. The first kappa shape index (κ1) is 13.5. The first-order chi connectivity index (χ1) is 9.20. The van der Waals surface area contributed by atoms with Crippen LogP contribution in [0.2, 0.25) is 0 Å². The third-order valence-corrected chi connectivity index (χ3v) is 2.80. The highest BCUT2D eigenvalue weighted by atomic mass is 16.6. The van der Waals surface area contributed by atoms with Crippen LogP contribution in [0.15, 0.2) is 24.3 Å². The SMILES string of the molecule is COC(=O)CCC(=O)c1ccccc1OCC1CO1. The maximum Gasteiger partial charge on any atom is 0.305 e. The molecule has 1 atom stereocenters. The van der Waals surface area contributed by atoms with E-state index < -0.39 is 5.97 Å². The summed E-state index contributed by atoms with van der Waals surface area (Å²) in [5, 5.41) is 0. The van der Waals surface area contributed by atoms with Crippen LogP contribution in [0.1, 0.15) is 23.2 Å². The van der Waals surface area contributed by atoms with Crippen molar-refractivity contribution >= 4 is 11.8 Å². The Morgan fingerprint density at radius 2 is 2.05 bits per heavy atom. The number of hydrogen-bond donors (Lipinski definition) is 0. The Morgan fingerprint density at radius 3 is 2.74 bits per heavy atom. The highest BCUT2D eigenvalue weighted by Crippen LogP contribution is 2.22. The second kappa shape index (κ2) is 6.33. The zero-order valence-electron chi connectivity index (χ0n) is 10.8. The lowest BCUT2D eigenvalue weighted by Crippen LogP contribution is -2.10. The van der Waals surface area contributed by atoms with E-state index in [-0.39, 0.29) is 24.7 Å². The fourth-order valence-corrected chi connectivity index (χ4v) is 1.62. The van der Waals surface area contributed by atoms with Gasteiger partial charge in [0.25, 0.3) is 0 Å². The highest BCUT2D eigenvalue weighted by molar-refractivity contribution is 5.99. The summed E-state index contributed by atoms with van der Waals surface area (Å²) >= 11 is 0. The normalized spacial score (nSPS) is 16.8. The molecular weight excluding hydrogens is 248 g/mol. The van der Waals surface area contributed by atoms with Crippen LogP contribution in [0.5, 0.6) is 5.75 Å². The maximum absolute atomic E-state index is 12.0. The number of hydrogen-bond acceptors (Lipinski definition) is 5. The Morgan fingerprint density at radius 1 is 1.32 bits per heavy atom. The van der Waals surface area contributed by atoms with E-state index in [1.54, 1.807) is 24.3 Å². The molecule has 0 spiro atoms. The molecule has 0 aliphatic carbocycles. The predicted octanol–water partition coefficient (Wildman–Crippen LogP) is 1.60. The van der Waals surface area contributed by atoms with E-state index in [0.717, 1.165) is 0 Å². The molecule has 1 aromatic rings. The van der Waals surface area contributed by atoms with Crippen LogP contribution in [-0.2, 0) is 14.3 Å². The zero-order valence-corrected chi connectivity index (χ0v) is 10.8. The van der Waals surface area contributed by atoms with Crippen LogP contribution in [0.25, 0.3) is 0 Å². The molecule has 1 aliphatic rings. The van der Waals surface area contributed by atoms with Gasteiger partial charge in [-0.15, -0.1) is 0 Å². The molecule has 1 unspecified atom stereocenters. The molecule has 19 heavy (non-hydrogen) atoms. The number of methoxy groups -OCH3 is 1. The van der Waals surface area contributed by atoms with Gasteiger partial charge in [0.1, 0.15) is 18.5 Å². The molecule has 1 fully saturated rings. The summed E-state index contributed by atoms with van der Waals surface area (Å²) in [5.74, 6) is 0.0173. The standard InChI is InChI=1S/C14H16O5/c1-17-14(16)7-6-12(15)11-4-2-3-5-13(11)19-9-10-8-18-10/h2-5,10H,6-9H2,1H3. The van der Waals surface area contributed by atoms with Crippen LogP contribution in [0.4, 0.5) is 0 Å². The van der Waals surface area contributed by atoms with Gasteiger partial charge in [0.2, 0.25) is 0 Å². The number of epoxide rings is 1. The Bertz CT molecular complexity index is 465. The van der Waals surface area contributed by atoms with E-state index in [1.165, 1.54) is 7.11 Å². The van der Waals surface area contributed by atoms with Crippen molar-refractivity contribution < 1.29 is 23.8 Å². The number of carbonyl (C=O) groups excluding carboxylic acids is 2. The molecule has 5 nitrogen and oxygen atoms in total. The van der Waals surface area contributed by atoms with Crippen LogP contribution in [-0.4, -0.2) is 38.2 Å². The van der Waals surface area contributed by atoms with Gasteiger partial charge in [-0.3, -0.25) is 9.59 Å². The van der Waals surface area contributed by atoms with Gasteiger partial charge in [-0.2, -0.15) is 0 Å². The fraction of sp³-hybridized carbons (Fsp3) is 0.429. The van der Waals surface area contributed by atoms with E-state index in [0.29, 0.717) is 24.5 Å². The van der Waals surface area contributed by atoms with Gasteiger partial charge >= 0.3 is 5.97 Å². The number of benzene rings is 1. The first-order valence-electron chi connectivity index (χ1n) is 6.14. The third kappa shape index (κ3) is 4.06. The number of ether oxygens (including phenoxy) is 3. The Labute approximate surface area is 111 Å². The summed E-state index contributed by atoms with van der Waals surface area (Å²) in [6.07, 6.45) is 0.334. The summed E-state index contributed by atoms with van der Waals surface area (Å²) in [5.41, 5.74) is 0.493. The van der Waals surface area contributed by atoms with Gasteiger partial charge in [0.15, 0.2) is 5.78 Å². The number of Topliss-reactive ketones (excluding diaryl/α,β-unsaturated/α-hetero) is 1. The Kier molecular flexibility index (Phi) is 4.52. The highest BCUT2D eigenvalue weighted by Gasteiger charge is 2.24. The number of carbonyl (C=O) groups is 2. The topological polar surface area (TPSA) is 65.1 Å². The van der Waals surface area contributed by atoms with Crippen molar-refractivity contribution in [1.82, 2.24) is 0 Å². The molecule has 102 valence electrons. The van der Waals surface area contributed by atoms with E-state index in [9.17, 15) is 9.59 Å². The first-order valence-corrected chi connectivity index (χ1v) is 6.14. The summed E-state index contributed by atoms with van der Waals surface area (Å²) in [4.78, 5) is 23.1. The Hall–Kier alpha value is -1.88. The molecule has 0 saturated carbocycles. The monoisotopic (exact) mass is 264 g/mol. The minimum absolute atomic E-state index is 0.0788. The quantitative estimate of drug-likeness (QED) is 0.425. The van der Waals surface area contributed by atoms with Gasteiger partial charge in [-0.05, 0) is 12.1 Å². The number of ketones is 1. The lowest BCUT2D eigenvalue weighted by molar-refractivity contribution is -0.140. The molecule has 1 aromatic carbocycles. The molecule has 0 bridgehead atoms. The average Bonchev–Trinajstić information content (AvgIpc) is 3.26. The van der Waals surface area contributed by atoms with E-state index in [1.807, 2.05) is 0 Å². The van der Waals surface area contributed by atoms with Gasteiger partial charge in [-0.1, -0.05) is 12.1 Å². The van der Waals surface area contributed by atoms with Crippen molar-refractivity contribution in [3.8, 4) is 5.75 Å². The van der Waals surface area contributed by atoms with E-state index in [4.69, 9.17) is 9.47 Å². The molecule has 1 aliphatic heterocycles. The van der Waals surface area contributed by atoms with Crippen molar-refractivity contribution in [1.29, 1.82) is 0 Å². The predicted molar refractivity (Wildman–Crippen MR) is 67.3 cm³/mol. The van der Waals surface area contributed by atoms with Crippen molar-refractivity contribution in [2.45, 2.75) is 18.9 Å². The molecule has 0 aromatic heterocycles. The van der Waals surface area contributed by atoms with Crippen molar-refractivity contribution in [3.63, 3.8) is 0 Å². The minimum Gasteiger partial charge on any atom is -0.490 e. The average molecular weight is 264 g/mol. The second-order valence-electron chi connectivity index (χ2n) is 4.26. The molecule has 1 saturated heterocycles. The summed E-state index contributed by atoms with van der Waals surface area (Å²) < 4.78 is 15.1. The van der Waals surface area contributed by atoms with Gasteiger partial charge in [0.05, 0.1) is 25.7 Å². The number of esters is 1. The van der Waals surface area contributed by atoms with E-state index >= 15 is 0 Å². The van der Waals surface area contributed by atoms with Gasteiger partial charge in [0, 0.05) is 6.42 Å². The molecule has 2 rings (SSSR count). The van der Waals surface area contributed by atoms with Crippen LogP contribution in [0, 0.1) is 0 Å². The second-order valence-corrected chi connectivity index (χ2v) is 4.26. The lowest BCUT2D eigenvalue weighted by atomic mass is 10.1. The van der Waals surface area contributed by atoms with Crippen molar-refractivity contribution in [2.24, 2.45) is 0 Å². The van der Waals surface area contributed by atoms with Crippen LogP contribution < -0.4 is 4.74 Å². The fourth-order valence-electron chi connectivity index (χ4n) is 1.62. The van der Waals surface area contributed by atoms with Crippen molar-refractivity contribution in [3.05, 3.63) is 29.8 Å². The molecular formula is C14H16O5. The third-order valence-electron chi connectivity index (χ3n) is 2.80. The molecule has 1 heterocycles. The zero-order chi connectivity index (χ0) is 13.7. The molecule has 5 heteroatoms. The summed E-state index contributed by atoms with van der Waals surface area (Å²) in [6.45, 7) is 1.15. The van der Waals surface area contributed by atoms with Gasteiger partial charge < -0.3 is 14.2 Å². The smallest absolute Gasteiger partial charge is 0.305 e. The lowest BCUT2D eigenvalue weighted by Gasteiger charge is -2.09. The van der Waals surface area contributed by atoms with Crippen molar-refractivity contribution in [2.75, 3.05) is 20.3 Å². The van der Waals surface area contributed by atoms with Crippen LogP contribution >= 0.6 is 0 Å². The van der Waals surface area contributed by atoms with Gasteiger partial charge in [-0.25, -0.2) is 0 Å². The number of rotatable bonds is 7. The summed E-state index contributed by atoms with van der Waals surface area (Å²) in [7, 11) is 1.31. The maximum atomic E-state index is 12.0. The Balaban J connectivity index is 1.96. The molecule has 0 radical (unpaired) electrons. The molecule has 0 N–H and O–H groups in total. The summed E-state index contributed by atoms with van der Waals surface area (Å²) in [6, 6.07) is 7.02. The number of para-hydroxylation sites is 1. The van der Waals surface area contributed by atoms with Crippen LogP contribution in [0.3, 0.4) is 0 Å². The van der Waals surface area contributed by atoms with E-state index in [2.05, 4.69) is 4.74 Å². The largest absolute Gasteiger partial charge is 0.490 e. The minimum atomic E-state index is -0.391.